The third kappa shape index (κ3) is 5.43. The highest BCUT2D eigenvalue weighted by Gasteiger charge is 2.31. The molecule has 8 nitrogen and oxygen atoms in total. The van der Waals surface area contributed by atoms with E-state index in [0.717, 1.165) is 51.4 Å². The van der Waals surface area contributed by atoms with Crippen LogP contribution >= 0.6 is 0 Å². The Morgan fingerprint density at radius 3 is 2.83 bits per heavy atom. The molecular weight excluding hydrogens is 378 g/mol. The van der Waals surface area contributed by atoms with Crippen LogP contribution in [0.5, 0.6) is 0 Å². The Balaban J connectivity index is 1.20. The molecule has 2 aromatic heterocycles. The van der Waals surface area contributed by atoms with E-state index in [4.69, 9.17) is 0 Å². The molecule has 0 spiro atoms. The largest absolute Gasteiger partial charge is 0.355 e. The summed E-state index contributed by atoms with van der Waals surface area (Å²) in [4.78, 5) is 26.2. The Hall–Kier alpha value is -2.32. The molecule has 2 fully saturated rings. The van der Waals surface area contributed by atoms with Gasteiger partial charge in [0, 0.05) is 51.5 Å². The third-order valence-corrected chi connectivity index (χ3v) is 6.48. The van der Waals surface area contributed by atoms with Crippen molar-refractivity contribution >= 4 is 5.91 Å². The van der Waals surface area contributed by atoms with Gasteiger partial charge in [0.15, 0.2) is 0 Å². The molecule has 8 heteroatoms. The molecule has 1 atom stereocenters. The SMILES string of the molecule is Cn1ncnc1CCNC(=O)[C@H]1CCCN(C2CCN(Cc3cccnc3)CC2)C1. The molecule has 30 heavy (non-hydrogen) atoms. The maximum absolute atomic E-state index is 12.7. The molecule has 1 N–H and O–H groups in total. The molecule has 0 aromatic carbocycles. The van der Waals surface area contributed by atoms with Crippen LogP contribution in [-0.2, 0) is 24.8 Å². The van der Waals surface area contributed by atoms with Gasteiger partial charge in [-0.15, -0.1) is 0 Å². The summed E-state index contributed by atoms with van der Waals surface area (Å²) in [7, 11) is 1.88. The normalized spacial score (nSPS) is 21.6. The number of pyridine rings is 1. The van der Waals surface area contributed by atoms with Crippen molar-refractivity contribution in [2.45, 2.75) is 44.7 Å². The molecule has 0 unspecified atom stereocenters. The van der Waals surface area contributed by atoms with E-state index in [9.17, 15) is 4.79 Å². The van der Waals surface area contributed by atoms with Gasteiger partial charge in [-0.1, -0.05) is 6.07 Å². The first-order valence-electron chi connectivity index (χ1n) is 11.1. The van der Waals surface area contributed by atoms with Crippen molar-refractivity contribution in [3.05, 3.63) is 42.2 Å². The van der Waals surface area contributed by atoms with Crippen molar-refractivity contribution in [2.75, 3.05) is 32.7 Å². The van der Waals surface area contributed by atoms with E-state index in [1.807, 2.05) is 25.5 Å². The number of aromatic nitrogens is 4. The molecule has 2 aromatic rings. The minimum atomic E-state index is 0.103. The number of aryl methyl sites for hydroxylation is 1. The second-order valence-corrected chi connectivity index (χ2v) is 8.54. The summed E-state index contributed by atoms with van der Waals surface area (Å²) in [6, 6.07) is 4.76. The molecule has 4 heterocycles. The standard InChI is InChI=1S/C22H33N7O/c1-27-21(25-17-26-27)6-10-24-22(30)19-5-3-11-29(16-19)20-7-12-28(13-8-20)15-18-4-2-9-23-14-18/h2,4,9,14,17,19-20H,3,5-8,10-13,15-16H2,1H3,(H,24,30)/t19-/m0/s1. The summed E-state index contributed by atoms with van der Waals surface area (Å²) in [5.41, 5.74) is 1.28. The molecule has 1 amide bonds. The van der Waals surface area contributed by atoms with Gasteiger partial charge < -0.3 is 5.32 Å². The molecule has 0 aliphatic carbocycles. The Kier molecular flexibility index (Phi) is 7.07. The number of carbonyl (C=O) groups is 1. The van der Waals surface area contributed by atoms with Crippen LogP contribution < -0.4 is 5.32 Å². The minimum absolute atomic E-state index is 0.103. The van der Waals surface area contributed by atoms with Gasteiger partial charge in [-0.05, 0) is 56.9 Å². The number of amides is 1. The average molecular weight is 412 g/mol. The molecular formula is C22H33N7O. The second-order valence-electron chi connectivity index (χ2n) is 8.54. The highest BCUT2D eigenvalue weighted by Crippen LogP contribution is 2.24. The van der Waals surface area contributed by atoms with Crippen LogP contribution in [0.25, 0.3) is 0 Å². The Bertz CT molecular complexity index is 801. The van der Waals surface area contributed by atoms with Crippen LogP contribution in [0.2, 0.25) is 0 Å². The lowest BCUT2D eigenvalue weighted by atomic mass is 9.93. The van der Waals surface area contributed by atoms with Crippen molar-refractivity contribution in [2.24, 2.45) is 13.0 Å². The number of hydrogen-bond acceptors (Lipinski definition) is 6. The first-order chi connectivity index (χ1) is 14.7. The number of rotatable bonds is 7. The number of piperidine rings is 2. The van der Waals surface area contributed by atoms with Crippen molar-refractivity contribution < 1.29 is 4.79 Å². The van der Waals surface area contributed by atoms with E-state index in [1.54, 1.807) is 11.0 Å². The Morgan fingerprint density at radius 1 is 1.23 bits per heavy atom. The molecule has 0 radical (unpaired) electrons. The van der Waals surface area contributed by atoms with Gasteiger partial charge in [0.25, 0.3) is 0 Å². The van der Waals surface area contributed by atoms with Crippen LogP contribution in [0.1, 0.15) is 37.1 Å². The van der Waals surface area contributed by atoms with E-state index in [-0.39, 0.29) is 11.8 Å². The minimum Gasteiger partial charge on any atom is -0.355 e. The lowest BCUT2D eigenvalue weighted by molar-refractivity contribution is -0.127. The first kappa shape index (κ1) is 20.9. The highest BCUT2D eigenvalue weighted by atomic mass is 16.1. The fourth-order valence-corrected chi connectivity index (χ4v) is 4.73. The van der Waals surface area contributed by atoms with E-state index in [2.05, 4.69) is 36.2 Å². The predicted molar refractivity (Wildman–Crippen MR) is 115 cm³/mol. The van der Waals surface area contributed by atoms with Gasteiger partial charge in [-0.25, -0.2) is 4.98 Å². The molecule has 4 rings (SSSR count). The third-order valence-electron chi connectivity index (χ3n) is 6.48. The smallest absolute Gasteiger partial charge is 0.224 e. The van der Waals surface area contributed by atoms with Crippen LogP contribution in [-0.4, -0.2) is 74.2 Å². The van der Waals surface area contributed by atoms with Gasteiger partial charge in [0.1, 0.15) is 12.2 Å². The number of carbonyl (C=O) groups excluding carboxylic acids is 1. The van der Waals surface area contributed by atoms with Crippen LogP contribution in [0.4, 0.5) is 0 Å². The van der Waals surface area contributed by atoms with E-state index in [1.165, 1.54) is 18.4 Å². The fourth-order valence-electron chi connectivity index (χ4n) is 4.73. The summed E-state index contributed by atoms with van der Waals surface area (Å²) in [6.45, 7) is 5.85. The number of nitrogens with one attached hydrogen (secondary N) is 1. The van der Waals surface area contributed by atoms with Crippen molar-refractivity contribution in [1.29, 1.82) is 0 Å². The maximum atomic E-state index is 12.7. The number of likely N-dealkylation sites (tertiary alicyclic amines) is 2. The topological polar surface area (TPSA) is 79.2 Å². The van der Waals surface area contributed by atoms with Crippen LogP contribution in [0, 0.1) is 5.92 Å². The van der Waals surface area contributed by atoms with Gasteiger partial charge in [-0.3, -0.25) is 24.3 Å². The van der Waals surface area contributed by atoms with Gasteiger partial charge in [-0.2, -0.15) is 5.10 Å². The first-order valence-corrected chi connectivity index (χ1v) is 11.1. The van der Waals surface area contributed by atoms with Crippen molar-refractivity contribution in [3.63, 3.8) is 0 Å². The summed E-state index contributed by atoms with van der Waals surface area (Å²) in [5.74, 6) is 1.20. The van der Waals surface area contributed by atoms with Crippen LogP contribution in [0.3, 0.4) is 0 Å². The monoisotopic (exact) mass is 411 g/mol. The Labute approximate surface area is 178 Å². The number of nitrogens with zero attached hydrogens (tertiary/aromatic N) is 6. The quantitative estimate of drug-likeness (QED) is 0.739. The van der Waals surface area contributed by atoms with Crippen molar-refractivity contribution in [3.8, 4) is 0 Å². The zero-order valence-corrected chi connectivity index (χ0v) is 17.9. The van der Waals surface area contributed by atoms with Gasteiger partial charge in [0.05, 0.1) is 5.92 Å². The van der Waals surface area contributed by atoms with E-state index >= 15 is 0 Å². The molecule has 162 valence electrons. The summed E-state index contributed by atoms with van der Waals surface area (Å²) >= 11 is 0. The molecule has 2 aliphatic heterocycles. The highest BCUT2D eigenvalue weighted by molar-refractivity contribution is 5.78. The lowest BCUT2D eigenvalue weighted by Crippen LogP contribution is -2.50. The maximum Gasteiger partial charge on any atom is 0.224 e. The predicted octanol–water partition coefficient (Wildman–Crippen LogP) is 1.25. The molecule has 0 saturated carbocycles. The summed E-state index contributed by atoms with van der Waals surface area (Å²) in [5, 5.41) is 7.19. The molecule has 2 saturated heterocycles. The van der Waals surface area contributed by atoms with E-state index in [0.29, 0.717) is 19.0 Å². The van der Waals surface area contributed by atoms with Gasteiger partial charge in [0.2, 0.25) is 5.91 Å². The average Bonchev–Trinajstić information content (AvgIpc) is 3.20. The molecule has 0 bridgehead atoms. The Morgan fingerprint density at radius 2 is 2.10 bits per heavy atom. The van der Waals surface area contributed by atoms with Crippen molar-refractivity contribution in [1.82, 2.24) is 34.9 Å². The number of hydrogen-bond donors (Lipinski definition) is 1. The van der Waals surface area contributed by atoms with E-state index < -0.39 is 0 Å². The fraction of sp³-hybridized carbons (Fsp3) is 0.636. The zero-order chi connectivity index (χ0) is 20.8. The zero-order valence-electron chi connectivity index (χ0n) is 17.9. The summed E-state index contributed by atoms with van der Waals surface area (Å²) in [6.07, 6.45) is 10.5. The summed E-state index contributed by atoms with van der Waals surface area (Å²) < 4.78 is 1.76. The molecule has 2 aliphatic rings. The second kappa shape index (κ2) is 10.1. The van der Waals surface area contributed by atoms with Gasteiger partial charge >= 0.3 is 0 Å². The van der Waals surface area contributed by atoms with Crippen LogP contribution in [0.15, 0.2) is 30.9 Å². The lowest BCUT2D eigenvalue weighted by Gasteiger charge is -2.42.